The SMILES string of the molecule is CNC(=O)C(CC(C)C)NCc1cncn1C. The lowest BCUT2D eigenvalue weighted by Gasteiger charge is -2.19. The normalized spacial score (nSPS) is 12.8. The van der Waals surface area contributed by atoms with Crippen LogP contribution in [0.25, 0.3) is 0 Å². The number of amides is 1. The molecule has 17 heavy (non-hydrogen) atoms. The van der Waals surface area contributed by atoms with Crippen molar-refractivity contribution in [1.29, 1.82) is 0 Å². The Bertz CT molecular complexity index is 359. The van der Waals surface area contributed by atoms with E-state index in [1.165, 1.54) is 0 Å². The van der Waals surface area contributed by atoms with Gasteiger partial charge in [-0.3, -0.25) is 4.79 Å². The van der Waals surface area contributed by atoms with Gasteiger partial charge in [-0.1, -0.05) is 13.8 Å². The number of aromatic nitrogens is 2. The lowest BCUT2D eigenvalue weighted by atomic mass is 10.0. The van der Waals surface area contributed by atoms with Crippen molar-refractivity contribution in [1.82, 2.24) is 20.2 Å². The van der Waals surface area contributed by atoms with E-state index in [2.05, 4.69) is 29.5 Å². The summed E-state index contributed by atoms with van der Waals surface area (Å²) in [4.78, 5) is 15.7. The Balaban J connectivity index is 2.55. The molecule has 2 N–H and O–H groups in total. The van der Waals surface area contributed by atoms with E-state index in [4.69, 9.17) is 0 Å². The summed E-state index contributed by atoms with van der Waals surface area (Å²) in [7, 11) is 3.61. The zero-order valence-corrected chi connectivity index (χ0v) is 11.0. The predicted octanol–water partition coefficient (Wildman–Crippen LogP) is 0.670. The molecule has 0 fully saturated rings. The van der Waals surface area contributed by atoms with Gasteiger partial charge in [0.1, 0.15) is 0 Å². The molecular weight excluding hydrogens is 216 g/mol. The van der Waals surface area contributed by atoms with E-state index >= 15 is 0 Å². The van der Waals surface area contributed by atoms with Crippen LogP contribution in [-0.2, 0) is 18.4 Å². The maximum Gasteiger partial charge on any atom is 0.236 e. The van der Waals surface area contributed by atoms with Crippen LogP contribution in [0.3, 0.4) is 0 Å². The third-order valence-corrected chi connectivity index (χ3v) is 2.72. The van der Waals surface area contributed by atoms with E-state index in [0.29, 0.717) is 12.5 Å². The van der Waals surface area contributed by atoms with E-state index in [0.717, 1.165) is 12.1 Å². The highest BCUT2D eigenvalue weighted by Gasteiger charge is 2.18. The van der Waals surface area contributed by atoms with Crippen molar-refractivity contribution in [3.8, 4) is 0 Å². The van der Waals surface area contributed by atoms with Crippen LogP contribution >= 0.6 is 0 Å². The summed E-state index contributed by atoms with van der Waals surface area (Å²) in [5, 5.41) is 5.96. The van der Waals surface area contributed by atoms with Crippen molar-refractivity contribution < 1.29 is 4.79 Å². The van der Waals surface area contributed by atoms with Crippen molar-refractivity contribution >= 4 is 5.91 Å². The minimum Gasteiger partial charge on any atom is -0.358 e. The van der Waals surface area contributed by atoms with E-state index in [1.54, 1.807) is 13.4 Å². The van der Waals surface area contributed by atoms with Gasteiger partial charge in [0.25, 0.3) is 0 Å². The van der Waals surface area contributed by atoms with Gasteiger partial charge in [-0.2, -0.15) is 0 Å². The number of imidazole rings is 1. The quantitative estimate of drug-likeness (QED) is 0.766. The van der Waals surface area contributed by atoms with Crippen LogP contribution < -0.4 is 10.6 Å². The smallest absolute Gasteiger partial charge is 0.236 e. The monoisotopic (exact) mass is 238 g/mol. The fourth-order valence-corrected chi connectivity index (χ4v) is 1.71. The zero-order chi connectivity index (χ0) is 12.8. The lowest BCUT2D eigenvalue weighted by molar-refractivity contribution is -0.123. The molecule has 0 spiro atoms. The van der Waals surface area contributed by atoms with Gasteiger partial charge < -0.3 is 15.2 Å². The molecule has 0 bridgehead atoms. The molecule has 5 nitrogen and oxygen atoms in total. The molecule has 1 aromatic heterocycles. The summed E-state index contributed by atoms with van der Waals surface area (Å²) >= 11 is 0. The number of hydrogen-bond donors (Lipinski definition) is 2. The molecule has 1 amide bonds. The van der Waals surface area contributed by atoms with Crippen LogP contribution in [0, 0.1) is 5.92 Å². The number of hydrogen-bond acceptors (Lipinski definition) is 3. The third kappa shape index (κ3) is 4.19. The van der Waals surface area contributed by atoms with Gasteiger partial charge in [-0.25, -0.2) is 4.98 Å². The Morgan fingerprint density at radius 3 is 2.71 bits per heavy atom. The summed E-state index contributed by atoms with van der Waals surface area (Å²) < 4.78 is 1.95. The molecule has 96 valence electrons. The Morgan fingerprint density at radius 2 is 2.24 bits per heavy atom. The first kappa shape index (κ1) is 13.7. The molecule has 1 atom stereocenters. The second kappa shape index (κ2) is 6.39. The number of nitrogens with zero attached hydrogens (tertiary/aromatic N) is 2. The van der Waals surface area contributed by atoms with Gasteiger partial charge in [0.05, 0.1) is 18.1 Å². The second-order valence-corrected chi connectivity index (χ2v) is 4.67. The lowest BCUT2D eigenvalue weighted by Crippen LogP contribution is -2.43. The van der Waals surface area contributed by atoms with Crippen LogP contribution in [-0.4, -0.2) is 28.5 Å². The largest absolute Gasteiger partial charge is 0.358 e. The van der Waals surface area contributed by atoms with Crippen LogP contribution in [0.5, 0.6) is 0 Å². The first-order valence-corrected chi connectivity index (χ1v) is 5.94. The van der Waals surface area contributed by atoms with Gasteiger partial charge in [-0.15, -0.1) is 0 Å². The van der Waals surface area contributed by atoms with Crippen LogP contribution in [0.15, 0.2) is 12.5 Å². The van der Waals surface area contributed by atoms with Gasteiger partial charge in [0.2, 0.25) is 5.91 Å². The molecule has 0 saturated heterocycles. The number of likely N-dealkylation sites (N-methyl/N-ethyl adjacent to an activating group) is 1. The molecule has 0 aliphatic carbocycles. The van der Waals surface area contributed by atoms with Crippen molar-refractivity contribution in [2.75, 3.05) is 7.05 Å². The van der Waals surface area contributed by atoms with Crippen molar-refractivity contribution in [3.05, 3.63) is 18.2 Å². The van der Waals surface area contributed by atoms with Crippen LogP contribution in [0.2, 0.25) is 0 Å². The molecule has 1 rings (SSSR count). The van der Waals surface area contributed by atoms with Crippen LogP contribution in [0.1, 0.15) is 26.0 Å². The molecular formula is C12H22N4O. The highest BCUT2D eigenvalue weighted by atomic mass is 16.2. The van der Waals surface area contributed by atoms with Crippen LogP contribution in [0.4, 0.5) is 0 Å². The molecule has 1 aromatic rings. The summed E-state index contributed by atoms with van der Waals surface area (Å²) in [6.45, 7) is 4.88. The molecule has 5 heteroatoms. The molecule has 1 unspecified atom stereocenters. The minimum atomic E-state index is -0.144. The van der Waals surface area contributed by atoms with Gasteiger partial charge in [0.15, 0.2) is 0 Å². The van der Waals surface area contributed by atoms with Crippen molar-refractivity contribution in [2.24, 2.45) is 13.0 Å². The zero-order valence-electron chi connectivity index (χ0n) is 11.0. The molecule has 0 aliphatic heterocycles. The average molecular weight is 238 g/mol. The second-order valence-electron chi connectivity index (χ2n) is 4.67. The molecule has 0 radical (unpaired) electrons. The number of rotatable bonds is 6. The van der Waals surface area contributed by atoms with E-state index in [1.807, 2.05) is 17.8 Å². The third-order valence-electron chi connectivity index (χ3n) is 2.72. The Morgan fingerprint density at radius 1 is 1.53 bits per heavy atom. The Kier molecular flexibility index (Phi) is 5.15. The Labute approximate surface area is 103 Å². The number of carbonyl (C=O) groups is 1. The van der Waals surface area contributed by atoms with E-state index < -0.39 is 0 Å². The fraction of sp³-hybridized carbons (Fsp3) is 0.667. The molecule has 0 saturated carbocycles. The number of aryl methyl sites for hydroxylation is 1. The summed E-state index contributed by atoms with van der Waals surface area (Å²) in [6, 6.07) is -0.144. The molecule has 1 heterocycles. The highest BCUT2D eigenvalue weighted by molar-refractivity contribution is 5.81. The average Bonchev–Trinajstić information content (AvgIpc) is 2.68. The number of carbonyl (C=O) groups excluding carboxylic acids is 1. The van der Waals surface area contributed by atoms with Gasteiger partial charge in [0, 0.05) is 26.8 Å². The fourth-order valence-electron chi connectivity index (χ4n) is 1.71. The van der Waals surface area contributed by atoms with Gasteiger partial charge in [-0.05, 0) is 12.3 Å². The van der Waals surface area contributed by atoms with Crippen molar-refractivity contribution in [2.45, 2.75) is 32.9 Å². The topological polar surface area (TPSA) is 59.0 Å². The van der Waals surface area contributed by atoms with E-state index in [9.17, 15) is 4.79 Å². The predicted molar refractivity (Wildman–Crippen MR) is 67.4 cm³/mol. The maximum absolute atomic E-state index is 11.7. The highest BCUT2D eigenvalue weighted by Crippen LogP contribution is 2.06. The first-order valence-electron chi connectivity index (χ1n) is 5.94. The maximum atomic E-state index is 11.7. The van der Waals surface area contributed by atoms with Crippen molar-refractivity contribution in [3.63, 3.8) is 0 Å². The standard InChI is InChI=1S/C12H22N4O/c1-9(2)5-11(12(17)13-3)15-7-10-6-14-8-16(10)4/h6,8-9,11,15H,5,7H2,1-4H3,(H,13,17). The molecule has 0 aromatic carbocycles. The minimum absolute atomic E-state index is 0.0425. The van der Waals surface area contributed by atoms with E-state index in [-0.39, 0.29) is 11.9 Å². The number of nitrogens with one attached hydrogen (secondary N) is 2. The first-order chi connectivity index (χ1) is 8.04. The summed E-state index contributed by atoms with van der Waals surface area (Å²) in [5.41, 5.74) is 1.07. The summed E-state index contributed by atoms with van der Waals surface area (Å²) in [6.07, 6.45) is 4.40. The Hall–Kier alpha value is -1.36. The summed E-state index contributed by atoms with van der Waals surface area (Å²) in [5.74, 6) is 0.525. The molecule has 0 aliphatic rings. The van der Waals surface area contributed by atoms with Gasteiger partial charge >= 0.3 is 0 Å².